The molecule has 2 rings (SSSR count). The molecule has 0 amide bonds. The van der Waals surface area contributed by atoms with E-state index in [1.807, 2.05) is 6.92 Å². The maximum atomic E-state index is 5.55. The normalized spacial score (nSPS) is 21.7. The summed E-state index contributed by atoms with van der Waals surface area (Å²) in [5.74, 6) is 2.28. The predicted octanol–water partition coefficient (Wildman–Crippen LogP) is 0.561. The molecule has 1 unspecified atom stereocenters. The molecule has 0 aliphatic carbocycles. The van der Waals surface area contributed by atoms with E-state index in [0.717, 1.165) is 43.3 Å². The van der Waals surface area contributed by atoms with Crippen molar-refractivity contribution in [3.05, 3.63) is 17.3 Å². The Labute approximate surface area is 83.9 Å². The van der Waals surface area contributed by atoms with E-state index < -0.39 is 0 Å². The van der Waals surface area contributed by atoms with E-state index in [-0.39, 0.29) is 0 Å². The highest BCUT2D eigenvalue weighted by molar-refractivity contribution is 5.16. The highest BCUT2D eigenvalue weighted by Crippen LogP contribution is 2.25. The van der Waals surface area contributed by atoms with E-state index in [2.05, 4.69) is 10.3 Å². The zero-order chi connectivity index (χ0) is 9.97. The Balaban J connectivity index is 2.15. The number of nitrogens with zero attached hydrogens (tertiary/aromatic N) is 1. The molecular formula is C10H17N3O. The average Bonchev–Trinajstić information content (AvgIpc) is 2.74. The van der Waals surface area contributed by atoms with Gasteiger partial charge in [0.1, 0.15) is 5.76 Å². The van der Waals surface area contributed by atoms with E-state index in [9.17, 15) is 0 Å². The van der Waals surface area contributed by atoms with Crippen molar-refractivity contribution in [3.63, 3.8) is 0 Å². The van der Waals surface area contributed by atoms with Crippen LogP contribution in [-0.2, 0) is 6.42 Å². The van der Waals surface area contributed by atoms with Crippen LogP contribution in [0.5, 0.6) is 0 Å². The van der Waals surface area contributed by atoms with Crippen molar-refractivity contribution >= 4 is 0 Å². The van der Waals surface area contributed by atoms with Crippen LogP contribution >= 0.6 is 0 Å². The summed E-state index contributed by atoms with van der Waals surface area (Å²) in [6.07, 6.45) is 1.90. The first kappa shape index (κ1) is 9.68. The molecule has 1 aromatic heterocycles. The molecule has 1 aliphatic rings. The Morgan fingerprint density at radius 1 is 1.64 bits per heavy atom. The number of hydrogen-bond acceptors (Lipinski definition) is 4. The summed E-state index contributed by atoms with van der Waals surface area (Å²) in [6, 6.07) is 0. The zero-order valence-corrected chi connectivity index (χ0v) is 8.55. The maximum absolute atomic E-state index is 5.55. The van der Waals surface area contributed by atoms with Gasteiger partial charge in [-0.25, -0.2) is 4.98 Å². The third kappa shape index (κ3) is 1.81. The van der Waals surface area contributed by atoms with Crippen LogP contribution in [-0.4, -0.2) is 24.6 Å². The second-order valence-corrected chi connectivity index (χ2v) is 3.78. The van der Waals surface area contributed by atoms with Crippen LogP contribution in [0.2, 0.25) is 0 Å². The Kier molecular flexibility index (Phi) is 2.84. The summed E-state index contributed by atoms with van der Waals surface area (Å²) in [6.45, 7) is 4.70. The summed E-state index contributed by atoms with van der Waals surface area (Å²) >= 11 is 0. The molecule has 2 heterocycles. The second kappa shape index (κ2) is 4.11. The first-order chi connectivity index (χ1) is 6.81. The van der Waals surface area contributed by atoms with Gasteiger partial charge < -0.3 is 15.5 Å². The Morgan fingerprint density at radius 3 is 3.14 bits per heavy atom. The molecule has 3 N–H and O–H groups in total. The fourth-order valence-electron chi connectivity index (χ4n) is 1.96. The van der Waals surface area contributed by atoms with E-state index in [1.165, 1.54) is 0 Å². The van der Waals surface area contributed by atoms with Gasteiger partial charge in [-0.1, -0.05) is 0 Å². The fraction of sp³-hybridized carbons (Fsp3) is 0.700. The van der Waals surface area contributed by atoms with Crippen molar-refractivity contribution < 1.29 is 4.42 Å². The van der Waals surface area contributed by atoms with Crippen LogP contribution in [0.4, 0.5) is 0 Å². The summed E-state index contributed by atoms with van der Waals surface area (Å²) < 4.78 is 5.55. The van der Waals surface area contributed by atoms with E-state index in [1.54, 1.807) is 0 Å². The number of rotatable bonds is 3. The highest BCUT2D eigenvalue weighted by atomic mass is 16.4. The predicted molar refractivity (Wildman–Crippen MR) is 54.2 cm³/mol. The standard InChI is InChI=1S/C10H17N3O/c1-7-10(8-3-5-12-6-8)13-9(14-7)2-4-11/h8,12H,2-6,11H2,1H3. The topological polar surface area (TPSA) is 64.1 Å². The van der Waals surface area contributed by atoms with Crippen LogP contribution in [0, 0.1) is 6.92 Å². The molecule has 0 spiro atoms. The molecule has 1 aromatic rings. The van der Waals surface area contributed by atoms with Gasteiger partial charge in [0.25, 0.3) is 0 Å². The zero-order valence-electron chi connectivity index (χ0n) is 8.55. The number of nitrogens with two attached hydrogens (primary N) is 1. The fourth-order valence-corrected chi connectivity index (χ4v) is 1.96. The lowest BCUT2D eigenvalue weighted by Crippen LogP contribution is -2.09. The van der Waals surface area contributed by atoms with Gasteiger partial charge in [-0.2, -0.15) is 0 Å². The number of oxazole rings is 1. The molecule has 0 saturated carbocycles. The van der Waals surface area contributed by atoms with Crippen molar-refractivity contribution in [1.82, 2.24) is 10.3 Å². The lowest BCUT2D eigenvalue weighted by molar-refractivity contribution is 0.470. The first-order valence-electron chi connectivity index (χ1n) is 5.18. The van der Waals surface area contributed by atoms with Crippen LogP contribution in [0.3, 0.4) is 0 Å². The average molecular weight is 195 g/mol. The molecular weight excluding hydrogens is 178 g/mol. The molecule has 0 bridgehead atoms. The molecule has 0 aromatic carbocycles. The van der Waals surface area contributed by atoms with E-state index >= 15 is 0 Å². The molecule has 1 atom stereocenters. The molecule has 4 heteroatoms. The van der Waals surface area contributed by atoms with Crippen LogP contribution in [0.15, 0.2) is 4.42 Å². The Morgan fingerprint density at radius 2 is 2.50 bits per heavy atom. The smallest absolute Gasteiger partial charge is 0.195 e. The van der Waals surface area contributed by atoms with Crippen LogP contribution in [0.25, 0.3) is 0 Å². The van der Waals surface area contributed by atoms with Crippen LogP contribution < -0.4 is 11.1 Å². The molecule has 0 radical (unpaired) electrons. The minimum atomic E-state index is 0.533. The minimum Gasteiger partial charge on any atom is -0.446 e. The summed E-state index contributed by atoms with van der Waals surface area (Å²) in [5.41, 5.74) is 6.58. The Hall–Kier alpha value is -0.870. The van der Waals surface area contributed by atoms with Gasteiger partial charge in [0.05, 0.1) is 5.69 Å². The molecule has 1 aliphatic heterocycles. The quantitative estimate of drug-likeness (QED) is 0.739. The highest BCUT2D eigenvalue weighted by Gasteiger charge is 2.22. The SMILES string of the molecule is Cc1oc(CCN)nc1C1CCNC1. The first-order valence-corrected chi connectivity index (χ1v) is 5.18. The lowest BCUT2D eigenvalue weighted by atomic mass is 10.0. The lowest BCUT2D eigenvalue weighted by Gasteiger charge is -2.03. The minimum absolute atomic E-state index is 0.533. The van der Waals surface area contributed by atoms with Gasteiger partial charge in [-0.15, -0.1) is 0 Å². The van der Waals surface area contributed by atoms with Crippen molar-refractivity contribution in [1.29, 1.82) is 0 Å². The summed E-state index contributed by atoms with van der Waals surface area (Å²) in [4.78, 5) is 4.49. The number of aromatic nitrogens is 1. The third-order valence-electron chi connectivity index (χ3n) is 2.68. The molecule has 78 valence electrons. The summed E-state index contributed by atoms with van der Waals surface area (Å²) in [7, 11) is 0. The number of hydrogen-bond donors (Lipinski definition) is 2. The van der Waals surface area contributed by atoms with E-state index in [4.69, 9.17) is 10.2 Å². The molecule has 1 saturated heterocycles. The summed E-state index contributed by atoms with van der Waals surface area (Å²) in [5, 5.41) is 3.33. The van der Waals surface area contributed by atoms with Crippen molar-refractivity contribution in [2.24, 2.45) is 5.73 Å². The van der Waals surface area contributed by atoms with Gasteiger partial charge in [0, 0.05) is 25.4 Å². The van der Waals surface area contributed by atoms with E-state index in [0.29, 0.717) is 12.5 Å². The van der Waals surface area contributed by atoms with Crippen LogP contribution in [0.1, 0.15) is 29.7 Å². The van der Waals surface area contributed by atoms with Crippen molar-refractivity contribution in [2.45, 2.75) is 25.7 Å². The largest absolute Gasteiger partial charge is 0.446 e. The molecule has 4 nitrogen and oxygen atoms in total. The number of nitrogens with one attached hydrogen (secondary N) is 1. The maximum Gasteiger partial charge on any atom is 0.195 e. The van der Waals surface area contributed by atoms with Gasteiger partial charge in [0.15, 0.2) is 5.89 Å². The molecule has 14 heavy (non-hydrogen) atoms. The van der Waals surface area contributed by atoms with Gasteiger partial charge in [0.2, 0.25) is 0 Å². The Bertz CT molecular complexity index is 302. The molecule has 1 fully saturated rings. The van der Waals surface area contributed by atoms with Gasteiger partial charge in [-0.05, 0) is 19.9 Å². The second-order valence-electron chi connectivity index (χ2n) is 3.78. The van der Waals surface area contributed by atoms with Crippen molar-refractivity contribution in [3.8, 4) is 0 Å². The third-order valence-corrected chi connectivity index (χ3v) is 2.68. The van der Waals surface area contributed by atoms with Gasteiger partial charge >= 0.3 is 0 Å². The van der Waals surface area contributed by atoms with Crippen molar-refractivity contribution in [2.75, 3.05) is 19.6 Å². The monoisotopic (exact) mass is 195 g/mol. The van der Waals surface area contributed by atoms with Gasteiger partial charge in [-0.3, -0.25) is 0 Å². The number of aryl methyl sites for hydroxylation is 1.